The van der Waals surface area contributed by atoms with Gasteiger partial charge in [-0.2, -0.15) is 0 Å². The van der Waals surface area contributed by atoms with E-state index in [1.54, 1.807) is 17.0 Å². The van der Waals surface area contributed by atoms with Crippen molar-refractivity contribution in [3.63, 3.8) is 0 Å². The first-order valence-corrected chi connectivity index (χ1v) is 7.46. The molecule has 1 N–H and O–H groups in total. The minimum Gasteiger partial charge on any atom is -0.360 e. The maximum absolute atomic E-state index is 12.2. The quantitative estimate of drug-likeness (QED) is 0.794. The molecule has 3 heterocycles. The fourth-order valence-electron chi connectivity index (χ4n) is 1.69. The number of thiophene rings is 1. The zero-order chi connectivity index (χ0) is 13.2. The zero-order valence-electron chi connectivity index (χ0n) is 10.2. The summed E-state index contributed by atoms with van der Waals surface area (Å²) in [7, 11) is 0. The number of anilines is 1. The lowest BCUT2D eigenvalue weighted by atomic mass is 10.4. The van der Waals surface area contributed by atoms with E-state index >= 15 is 0 Å². The van der Waals surface area contributed by atoms with Crippen LogP contribution in [0.25, 0.3) is 10.2 Å². The molecule has 8 heteroatoms. The summed E-state index contributed by atoms with van der Waals surface area (Å²) in [6, 6.07) is 1.80. The van der Waals surface area contributed by atoms with Gasteiger partial charge in [0.05, 0.1) is 18.3 Å². The molecule has 0 saturated heterocycles. The van der Waals surface area contributed by atoms with Crippen molar-refractivity contribution in [1.29, 1.82) is 0 Å². The Labute approximate surface area is 116 Å². The van der Waals surface area contributed by atoms with Gasteiger partial charge in [-0.1, -0.05) is 11.3 Å². The second-order valence-corrected chi connectivity index (χ2v) is 5.80. The standard InChI is InChI=1S/C11H11N5OS2/c1-2-12-11-15-14-8(19-11)5-16-6-13-9-7(10(16)17)3-4-18-9/h3-4,6H,2,5H2,1H3,(H,12,15). The Morgan fingerprint density at radius 1 is 1.42 bits per heavy atom. The lowest BCUT2D eigenvalue weighted by molar-refractivity contribution is 0.735. The predicted molar refractivity (Wildman–Crippen MR) is 77.1 cm³/mol. The summed E-state index contributed by atoms with van der Waals surface area (Å²) in [6.45, 7) is 3.21. The highest BCUT2D eigenvalue weighted by Crippen LogP contribution is 2.17. The van der Waals surface area contributed by atoms with E-state index in [1.807, 2.05) is 12.3 Å². The molecule has 3 aromatic heterocycles. The summed E-state index contributed by atoms with van der Waals surface area (Å²) >= 11 is 2.92. The molecule has 0 bridgehead atoms. The van der Waals surface area contributed by atoms with E-state index in [0.29, 0.717) is 11.9 Å². The minimum atomic E-state index is -0.0357. The molecular formula is C11H11N5OS2. The summed E-state index contributed by atoms with van der Waals surface area (Å²) in [5.41, 5.74) is -0.0357. The van der Waals surface area contributed by atoms with Crippen LogP contribution in [0.15, 0.2) is 22.6 Å². The Bertz CT molecular complexity index is 760. The molecule has 98 valence electrons. The van der Waals surface area contributed by atoms with Crippen molar-refractivity contribution in [3.8, 4) is 0 Å². The van der Waals surface area contributed by atoms with Crippen molar-refractivity contribution in [1.82, 2.24) is 19.7 Å². The first-order chi connectivity index (χ1) is 9.28. The van der Waals surface area contributed by atoms with Crippen molar-refractivity contribution in [2.45, 2.75) is 13.5 Å². The third kappa shape index (κ3) is 2.36. The first kappa shape index (κ1) is 12.2. The van der Waals surface area contributed by atoms with Crippen LogP contribution in [0.4, 0.5) is 5.13 Å². The van der Waals surface area contributed by atoms with E-state index in [-0.39, 0.29) is 5.56 Å². The molecule has 6 nitrogen and oxygen atoms in total. The summed E-state index contributed by atoms with van der Waals surface area (Å²) < 4.78 is 1.56. The van der Waals surface area contributed by atoms with Crippen LogP contribution in [0.3, 0.4) is 0 Å². The van der Waals surface area contributed by atoms with Crippen LogP contribution in [0.2, 0.25) is 0 Å². The zero-order valence-corrected chi connectivity index (χ0v) is 11.8. The molecule has 0 saturated carbocycles. The molecule has 0 atom stereocenters. The fraction of sp³-hybridized carbons (Fsp3) is 0.273. The Balaban J connectivity index is 1.91. The van der Waals surface area contributed by atoms with Crippen LogP contribution in [-0.4, -0.2) is 26.3 Å². The maximum Gasteiger partial charge on any atom is 0.262 e. The van der Waals surface area contributed by atoms with E-state index in [0.717, 1.165) is 21.5 Å². The molecule has 0 aliphatic carbocycles. The molecule has 0 aliphatic rings. The number of nitrogens with zero attached hydrogens (tertiary/aromatic N) is 4. The summed E-state index contributed by atoms with van der Waals surface area (Å²) in [6.07, 6.45) is 1.56. The van der Waals surface area contributed by atoms with Gasteiger partial charge in [0.15, 0.2) is 0 Å². The highest BCUT2D eigenvalue weighted by Gasteiger charge is 2.08. The van der Waals surface area contributed by atoms with E-state index in [1.165, 1.54) is 22.7 Å². The third-order valence-corrected chi connectivity index (χ3v) is 4.24. The van der Waals surface area contributed by atoms with Gasteiger partial charge in [-0.15, -0.1) is 21.5 Å². The van der Waals surface area contributed by atoms with Crippen LogP contribution in [0.1, 0.15) is 11.9 Å². The van der Waals surface area contributed by atoms with Crippen LogP contribution in [0.5, 0.6) is 0 Å². The first-order valence-electron chi connectivity index (χ1n) is 5.77. The van der Waals surface area contributed by atoms with Gasteiger partial charge in [0.25, 0.3) is 5.56 Å². The lowest BCUT2D eigenvalue weighted by Gasteiger charge is -2.01. The Morgan fingerprint density at radius 3 is 3.16 bits per heavy atom. The van der Waals surface area contributed by atoms with Gasteiger partial charge >= 0.3 is 0 Å². The van der Waals surface area contributed by atoms with Crippen LogP contribution in [0, 0.1) is 0 Å². The van der Waals surface area contributed by atoms with Crippen LogP contribution >= 0.6 is 22.7 Å². The Kier molecular flexibility index (Phi) is 3.26. The van der Waals surface area contributed by atoms with Gasteiger partial charge in [-0.25, -0.2) is 4.98 Å². The van der Waals surface area contributed by atoms with Crippen LogP contribution in [-0.2, 0) is 6.54 Å². The highest BCUT2D eigenvalue weighted by atomic mass is 32.1. The minimum absolute atomic E-state index is 0.0357. The number of fused-ring (bicyclic) bond motifs is 1. The Morgan fingerprint density at radius 2 is 2.32 bits per heavy atom. The Hall–Kier alpha value is -1.80. The smallest absolute Gasteiger partial charge is 0.262 e. The second-order valence-electron chi connectivity index (χ2n) is 3.85. The van der Waals surface area contributed by atoms with Gasteiger partial charge < -0.3 is 5.32 Å². The summed E-state index contributed by atoms with van der Waals surface area (Å²) in [5.74, 6) is 0. The van der Waals surface area contributed by atoms with Gasteiger partial charge in [0.2, 0.25) is 5.13 Å². The fourth-order valence-corrected chi connectivity index (χ4v) is 3.22. The molecule has 19 heavy (non-hydrogen) atoms. The van der Waals surface area contributed by atoms with Crippen molar-refractivity contribution in [2.75, 3.05) is 11.9 Å². The molecule has 3 rings (SSSR count). The van der Waals surface area contributed by atoms with Crippen molar-refractivity contribution >= 4 is 38.0 Å². The molecular weight excluding hydrogens is 282 g/mol. The van der Waals surface area contributed by atoms with Crippen molar-refractivity contribution in [3.05, 3.63) is 33.1 Å². The number of hydrogen-bond donors (Lipinski definition) is 1. The largest absolute Gasteiger partial charge is 0.360 e. The lowest BCUT2D eigenvalue weighted by Crippen LogP contribution is -2.20. The second kappa shape index (κ2) is 5.06. The molecule has 0 radical (unpaired) electrons. The average Bonchev–Trinajstić information content (AvgIpc) is 3.03. The van der Waals surface area contributed by atoms with E-state index in [4.69, 9.17) is 0 Å². The third-order valence-electron chi connectivity index (χ3n) is 2.55. The molecule has 0 aromatic carbocycles. The summed E-state index contributed by atoms with van der Waals surface area (Å²) in [5, 5.41) is 15.3. The van der Waals surface area contributed by atoms with Crippen molar-refractivity contribution < 1.29 is 0 Å². The van der Waals surface area contributed by atoms with Crippen LogP contribution < -0.4 is 10.9 Å². The highest BCUT2D eigenvalue weighted by molar-refractivity contribution is 7.16. The predicted octanol–water partition coefficient (Wildman–Crippen LogP) is 1.79. The van der Waals surface area contributed by atoms with E-state index in [9.17, 15) is 4.79 Å². The molecule has 0 aliphatic heterocycles. The van der Waals surface area contributed by atoms with E-state index < -0.39 is 0 Å². The van der Waals surface area contributed by atoms with Gasteiger partial charge in [-0.05, 0) is 18.4 Å². The van der Waals surface area contributed by atoms with Gasteiger partial charge in [0, 0.05) is 6.54 Å². The SMILES string of the molecule is CCNc1nnc(Cn2cnc3sccc3c2=O)s1. The molecule has 0 spiro atoms. The number of aromatic nitrogens is 4. The summed E-state index contributed by atoms with van der Waals surface area (Å²) in [4.78, 5) is 17.2. The molecule has 0 unspecified atom stereocenters. The average molecular weight is 293 g/mol. The van der Waals surface area contributed by atoms with Gasteiger partial charge in [0.1, 0.15) is 9.84 Å². The normalized spacial score (nSPS) is 11.0. The van der Waals surface area contributed by atoms with E-state index in [2.05, 4.69) is 20.5 Å². The molecule has 0 fully saturated rings. The van der Waals surface area contributed by atoms with Gasteiger partial charge in [-0.3, -0.25) is 9.36 Å². The maximum atomic E-state index is 12.2. The number of rotatable bonds is 4. The van der Waals surface area contributed by atoms with Crippen molar-refractivity contribution in [2.24, 2.45) is 0 Å². The molecule has 0 amide bonds. The molecule has 3 aromatic rings. The monoisotopic (exact) mass is 293 g/mol. The topological polar surface area (TPSA) is 72.7 Å². The number of nitrogens with one attached hydrogen (secondary N) is 1. The number of hydrogen-bond acceptors (Lipinski definition) is 7.